The van der Waals surface area contributed by atoms with Gasteiger partial charge in [-0.2, -0.15) is 0 Å². The molecule has 3 N–H and O–H groups in total. The van der Waals surface area contributed by atoms with Gasteiger partial charge in [-0.3, -0.25) is 9.78 Å². The first kappa shape index (κ1) is 13.7. The van der Waals surface area contributed by atoms with Gasteiger partial charge in [-0.25, -0.2) is 4.98 Å². The van der Waals surface area contributed by atoms with Crippen LogP contribution < -0.4 is 11.1 Å². The van der Waals surface area contributed by atoms with Crippen LogP contribution in [0, 0.1) is 11.8 Å². The maximum Gasteiger partial charge on any atom is 0.242 e. The summed E-state index contributed by atoms with van der Waals surface area (Å²) in [5.41, 5.74) is 6.91. The topological polar surface area (TPSA) is 80.9 Å². The van der Waals surface area contributed by atoms with Crippen molar-refractivity contribution >= 4 is 11.7 Å². The van der Waals surface area contributed by atoms with Crippen molar-refractivity contribution in [3.05, 3.63) is 54.0 Å². The van der Waals surface area contributed by atoms with Crippen molar-refractivity contribution < 1.29 is 4.79 Å². The minimum atomic E-state index is -0.580. The zero-order valence-electron chi connectivity index (χ0n) is 11.0. The molecular weight excluding hydrogens is 252 g/mol. The highest BCUT2D eigenvalue weighted by Gasteiger charge is 2.07. The number of carbonyl (C=O) groups excluding carboxylic acids is 1. The lowest BCUT2D eigenvalue weighted by atomic mass is 10.2. The number of pyridine rings is 2. The minimum absolute atomic E-state index is 0.281. The fraction of sp³-hybridized carbons (Fsp3) is 0.133. The van der Waals surface area contributed by atoms with Crippen molar-refractivity contribution in [1.82, 2.24) is 9.97 Å². The first-order valence-corrected chi connectivity index (χ1v) is 6.11. The SMILES string of the molecule is CC(N)C(=O)Nc1cccc(C#Cc2ccncc2)n1. The molecule has 5 heteroatoms. The molecule has 2 rings (SSSR count). The van der Waals surface area contributed by atoms with Crippen LogP contribution in [0.2, 0.25) is 0 Å². The van der Waals surface area contributed by atoms with Gasteiger partial charge in [0, 0.05) is 18.0 Å². The van der Waals surface area contributed by atoms with Gasteiger partial charge in [-0.05, 0) is 37.1 Å². The van der Waals surface area contributed by atoms with Crippen LogP contribution in [0.15, 0.2) is 42.7 Å². The number of anilines is 1. The fourth-order valence-corrected chi connectivity index (χ4v) is 1.39. The summed E-state index contributed by atoms with van der Waals surface area (Å²) in [4.78, 5) is 19.6. The highest BCUT2D eigenvalue weighted by Crippen LogP contribution is 2.04. The summed E-state index contributed by atoms with van der Waals surface area (Å²) in [5, 5.41) is 2.63. The second kappa shape index (κ2) is 6.45. The Kier molecular flexibility index (Phi) is 4.43. The van der Waals surface area contributed by atoms with Crippen molar-refractivity contribution in [2.75, 3.05) is 5.32 Å². The summed E-state index contributed by atoms with van der Waals surface area (Å²) in [7, 11) is 0. The molecule has 0 saturated heterocycles. The molecule has 0 spiro atoms. The Morgan fingerprint density at radius 1 is 1.25 bits per heavy atom. The molecule has 2 heterocycles. The Hall–Kier alpha value is -2.71. The first-order chi connectivity index (χ1) is 9.65. The lowest BCUT2D eigenvalue weighted by Gasteiger charge is -2.06. The summed E-state index contributed by atoms with van der Waals surface area (Å²) in [6.07, 6.45) is 3.35. The van der Waals surface area contributed by atoms with Crippen LogP contribution in [0.5, 0.6) is 0 Å². The molecule has 2 aromatic rings. The molecule has 0 aliphatic carbocycles. The normalized spacial score (nSPS) is 11.1. The molecular formula is C15H14N4O. The van der Waals surface area contributed by atoms with E-state index in [1.54, 1.807) is 37.5 Å². The van der Waals surface area contributed by atoms with E-state index in [9.17, 15) is 4.79 Å². The third kappa shape index (κ3) is 3.90. The molecule has 1 amide bonds. The van der Waals surface area contributed by atoms with Gasteiger partial charge >= 0.3 is 0 Å². The Labute approximate surface area is 117 Å². The van der Waals surface area contributed by atoms with Gasteiger partial charge in [0.2, 0.25) is 5.91 Å². The standard InChI is InChI=1S/C15H14N4O/c1-11(16)15(20)19-14-4-2-3-13(18-14)6-5-12-7-9-17-10-8-12/h2-4,7-11H,16H2,1H3,(H,18,19,20). The number of carbonyl (C=O) groups is 1. The zero-order chi connectivity index (χ0) is 14.4. The lowest BCUT2D eigenvalue weighted by Crippen LogP contribution is -2.32. The van der Waals surface area contributed by atoms with Gasteiger partial charge in [-0.1, -0.05) is 12.0 Å². The number of hydrogen-bond acceptors (Lipinski definition) is 4. The maximum atomic E-state index is 11.5. The predicted molar refractivity (Wildman–Crippen MR) is 76.7 cm³/mol. The fourth-order valence-electron chi connectivity index (χ4n) is 1.39. The molecule has 0 aliphatic heterocycles. The molecule has 0 aromatic carbocycles. The number of amides is 1. The number of nitrogens with two attached hydrogens (primary N) is 1. The summed E-state index contributed by atoms with van der Waals surface area (Å²) in [6.45, 7) is 1.61. The van der Waals surface area contributed by atoms with Gasteiger partial charge in [0.1, 0.15) is 11.5 Å². The van der Waals surface area contributed by atoms with Crippen LogP contribution in [0.25, 0.3) is 0 Å². The summed E-state index contributed by atoms with van der Waals surface area (Å²) >= 11 is 0. The average molecular weight is 266 g/mol. The Bertz CT molecular complexity index is 656. The molecule has 0 aliphatic rings. The van der Waals surface area contributed by atoms with E-state index in [1.165, 1.54) is 0 Å². The van der Waals surface area contributed by atoms with Crippen molar-refractivity contribution in [2.45, 2.75) is 13.0 Å². The first-order valence-electron chi connectivity index (χ1n) is 6.11. The minimum Gasteiger partial charge on any atom is -0.320 e. The van der Waals surface area contributed by atoms with Crippen molar-refractivity contribution in [1.29, 1.82) is 0 Å². The number of nitrogens with zero attached hydrogens (tertiary/aromatic N) is 2. The van der Waals surface area contributed by atoms with Gasteiger partial charge in [0.15, 0.2) is 0 Å². The molecule has 100 valence electrons. The second-order valence-electron chi connectivity index (χ2n) is 4.17. The average Bonchev–Trinajstić information content (AvgIpc) is 2.46. The van der Waals surface area contributed by atoms with E-state index in [2.05, 4.69) is 27.1 Å². The van der Waals surface area contributed by atoms with Crippen molar-refractivity contribution in [2.24, 2.45) is 5.73 Å². The van der Waals surface area contributed by atoms with E-state index in [0.717, 1.165) is 5.56 Å². The molecule has 0 saturated carbocycles. The van der Waals surface area contributed by atoms with E-state index in [1.807, 2.05) is 12.1 Å². The zero-order valence-corrected chi connectivity index (χ0v) is 11.0. The van der Waals surface area contributed by atoms with E-state index in [0.29, 0.717) is 11.5 Å². The Morgan fingerprint density at radius 3 is 2.70 bits per heavy atom. The highest BCUT2D eigenvalue weighted by atomic mass is 16.2. The van der Waals surface area contributed by atoms with E-state index in [-0.39, 0.29) is 5.91 Å². The monoisotopic (exact) mass is 266 g/mol. The number of aromatic nitrogens is 2. The van der Waals surface area contributed by atoms with Gasteiger partial charge in [0.05, 0.1) is 6.04 Å². The molecule has 20 heavy (non-hydrogen) atoms. The highest BCUT2D eigenvalue weighted by molar-refractivity contribution is 5.93. The lowest BCUT2D eigenvalue weighted by molar-refractivity contribution is -0.117. The van der Waals surface area contributed by atoms with Gasteiger partial charge in [0.25, 0.3) is 0 Å². The van der Waals surface area contributed by atoms with Gasteiger partial charge < -0.3 is 11.1 Å². The smallest absolute Gasteiger partial charge is 0.242 e. The summed E-state index contributed by atoms with van der Waals surface area (Å²) in [6, 6.07) is 8.29. The van der Waals surface area contributed by atoms with E-state index >= 15 is 0 Å². The molecule has 2 aromatic heterocycles. The molecule has 5 nitrogen and oxygen atoms in total. The number of nitrogens with one attached hydrogen (secondary N) is 1. The quantitative estimate of drug-likeness (QED) is 0.799. The maximum absolute atomic E-state index is 11.5. The molecule has 1 unspecified atom stereocenters. The summed E-state index contributed by atoms with van der Waals surface area (Å²) < 4.78 is 0. The van der Waals surface area contributed by atoms with Gasteiger partial charge in [-0.15, -0.1) is 0 Å². The molecule has 1 atom stereocenters. The Balaban J connectivity index is 2.15. The number of hydrogen-bond donors (Lipinski definition) is 2. The van der Waals surface area contributed by atoms with Crippen LogP contribution in [0.3, 0.4) is 0 Å². The van der Waals surface area contributed by atoms with Crippen LogP contribution in [-0.4, -0.2) is 21.9 Å². The molecule has 0 fully saturated rings. The molecule has 0 radical (unpaired) electrons. The number of rotatable bonds is 2. The Morgan fingerprint density at radius 2 is 2.00 bits per heavy atom. The van der Waals surface area contributed by atoms with Crippen LogP contribution >= 0.6 is 0 Å². The van der Waals surface area contributed by atoms with E-state index < -0.39 is 6.04 Å². The predicted octanol–water partition coefficient (Wildman–Crippen LogP) is 1.16. The third-order valence-corrected chi connectivity index (χ3v) is 2.43. The second-order valence-corrected chi connectivity index (χ2v) is 4.17. The molecule has 0 bridgehead atoms. The van der Waals surface area contributed by atoms with E-state index in [4.69, 9.17) is 5.73 Å². The van der Waals surface area contributed by atoms with Crippen molar-refractivity contribution in [3.63, 3.8) is 0 Å². The van der Waals surface area contributed by atoms with Crippen LogP contribution in [0.4, 0.5) is 5.82 Å². The largest absolute Gasteiger partial charge is 0.320 e. The van der Waals surface area contributed by atoms with Crippen LogP contribution in [-0.2, 0) is 4.79 Å². The van der Waals surface area contributed by atoms with Crippen LogP contribution in [0.1, 0.15) is 18.2 Å². The third-order valence-electron chi connectivity index (χ3n) is 2.43. The summed E-state index contributed by atoms with van der Waals surface area (Å²) in [5.74, 6) is 6.06. The van der Waals surface area contributed by atoms with Crippen molar-refractivity contribution in [3.8, 4) is 11.8 Å².